The average molecular weight is 393 g/mol. The van der Waals surface area contributed by atoms with Crippen LogP contribution in [0.3, 0.4) is 0 Å². The van der Waals surface area contributed by atoms with Gasteiger partial charge in [0.15, 0.2) is 11.9 Å². The van der Waals surface area contributed by atoms with Crippen LogP contribution in [0.4, 0.5) is 0 Å². The molecule has 0 fully saturated rings. The summed E-state index contributed by atoms with van der Waals surface area (Å²) in [5.41, 5.74) is 3.02. The summed E-state index contributed by atoms with van der Waals surface area (Å²) in [6, 6.07) is 26.3. The topological polar surface area (TPSA) is 43.4 Å². The van der Waals surface area contributed by atoms with Gasteiger partial charge in [0, 0.05) is 5.56 Å². The number of ether oxygens (including phenoxy) is 1. The van der Waals surface area contributed by atoms with Gasteiger partial charge in [0.1, 0.15) is 0 Å². The summed E-state index contributed by atoms with van der Waals surface area (Å²) in [6.45, 7) is 1.78. The highest BCUT2D eigenvalue weighted by Crippen LogP contribution is 2.29. The molecule has 0 aliphatic rings. The van der Waals surface area contributed by atoms with E-state index >= 15 is 0 Å². The second-order valence-corrected chi connectivity index (χ2v) is 6.81. The Hall–Kier alpha value is -2.91. The fourth-order valence-corrected chi connectivity index (χ4v) is 3.15. The van der Waals surface area contributed by atoms with Crippen molar-refractivity contribution < 1.29 is 14.3 Å². The van der Waals surface area contributed by atoms with Crippen LogP contribution in [-0.2, 0) is 9.53 Å². The molecule has 1 unspecified atom stereocenters. The number of carbonyl (C=O) groups is 2. The third-order valence-electron chi connectivity index (χ3n) is 4.62. The van der Waals surface area contributed by atoms with Gasteiger partial charge in [-0.15, -0.1) is 11.6 Å². The Balaban J connectivity index is 1.85. The first-order chi connectivity index (χ1) is 13.6. The molecule has 0 heterocycles. The molecule has 0 aliphatic carbocycles. The molecule has 0 spiro atoms. The molecular formula is C24H21ClO3. The monoisotopic (exact) mass is 392 g/mol. The van der Waals surface area contributed by atoms with E-state index in [1.807, 2.05) is 66.7 Å². The van der Waals surface area contributed by atoms with Gasteiger partial charge in [-0.1, -0.05) is 78.9 Å². The molecule has 3 nitrogen and oxygen atoms in total. The van der Waals surface area contributed by atoms with E-state index in [0.717, 1.165) is 16.7 Å². The molecule has 0 saturated carbocycles. The zero-order valence-electron chi connectivity index (χ0n) is 15.5. The molecule has 28 heavy (non-hydrogen) atoms. The molecule has 0 aromatic heterocycles. The maximum absolute atomic E-state index is 12.9. The third kappa shape index (κ3) is 4.68. The Kier molecular flexibility index (Phi) is 6.62. The highest BCUT2D eigenvalue weighted by Gasteiger charge is 2.24. The van der Waals surface area contributed by atoms with Crippen LogP contribution in [-0.4, -0.2) is 17.6 Å². The average Bonchev–Trinajstić information content (AvgIpc) is 2.77. The van der Waals surface area contributed by atoms with Gasteiger partial charge in [-0.3, -0.25) is 9.59 Å². The second-order valence-electron chi connectivity index (χ2n) is 6.54. The van der Waals surface area contributed by atoms with Gasteiger partial charge in [-0.2, -0.15) is 0 Å². The minimum absolute atomic E-state index is 0.0909. The predicted octanol–water partition coefficient (Wildman–Crippen LogP) is 5.54. The largest absolute Gasteiger partial charge is 0.452 e. The number of rotatable bonds is 7. The fourth-order valence-electron chi connectivity index (χ4n) is 3.00. The molecule has 0 aliphatic heterocycles. The van der Waals surface area contributed by atoms with Crippen LogP contribution >= 0.6 is 11.6 Å². The van der Waals surface area contributed by atoms with Crippen LogP contribution in [0, 0.1) is 0 Å². The Labute approximate surface area is 169 Å². The van der Waals surface area contributed by atoms with Crippen molar-refractivity contribution >= 4 is 23.4 Å². The van der Waals surface area contributed by atoms with Gasteiger partial charge >= 0.3 is 5.97 Å². The number of Topliss-reactive ketones (excluding diaryl/α,β-unsaturated/α-hetero) is 1. The van der Waals surface area contributed by atoms with Crippen LogP contribution in [0.25, 0.3) is 0 Å². The van der Waals surface area contributed by atoms with E-state index in [4.69, 9.17) is 16.3 Å². The summed E-state index contributed by atoms with van der Waals surface area (Å²) in [5, 5.41) is 0. The molecule has 142 valence electrons. The quantitative estimate of drug-likeness (QED) is 0.301. The lowest BCUT2D eigenvalue weighted by molar-refractivity contribution is -0.149. The van der Waals surface area contributed by atoms with Crippen LogP contribution in [0.1, 0.15) is 46.0 Å². The molecule has 0 saturated heterocycles. The molecule has 4 heteroatoms. The van der Waals surface area contributed by atoms with Gasteiger partial charge in [-0.05, 0) is 29.7 Å². The van der Waals surface area contributed by atoms with Crippen molar-refractivity contribution in [3.05, 3.63) is 107 Å². The van der Waals surface area contributed by atoms with Crippen LogP contribution < -0.4 is 0 Å². The molecule has 0 bridgehead atoms. The molecule has 3 aromatic rings. The molecular weight excluding hydrogens is 372 g/mol. The number of alkyl halides is 1. The molecule has 1 atom stereocenters. The molecule has 0 N–H and O–H groups in total. The Morgan fingerprint density at radius 2 is 1.36 bits per heavy atom. The number of ketones is 1. The lowest BCUT2D eigenvalue weighted by Crippen LogP contribution is -2.18. The minimum atomic E-state index is -0.516. The zero-order valence-corrected chi connectivity index (χ0v) is 16.3. The SMILES string of the molecule is CC(C(=O)OC(c1ccccc1)c1ccccc1)c1cccc(C(=O)CCl)c1. The first-order valence-electron chi connectivity index (χ1n) is 9.09. The van der Waals surface area contributed by atoms with E-state index in [9.17, 15) is 9.59 Å². The van der Waals surface area contributed by atoms with Gasteiger partial charge < -0.3 is 4.74 Å². The van der Waals surface area contributed by atoms with Crippen LogP contribution in [0.2, 0.25) is 0 Å². The van der Waals surface area contributed by atoms with E-state index in [1.54, 1.807) is 25.1 Å². The number of carbonyl (C=O) groups excluding carboxylic acids is 2. The highest BCUT2D eigenvalue weighted by molar-refractivity contribution is 6.30. The van der Waals surface area contributed by atoms with Crippen molar-refractivity contribution in [2.45, 2.75) is 18.9 Å². The Morgan fingerprint density at radius 1 is 0.821 bits per heavy atom. The highest BCUT2D eigenvalue weighted by atomic mass is 35.5. The van der Waals surface area contributed by atoms with E-state index in [-0.39, 0.29) is 17.6 Å². The number of hydrogen-bond donors (Lipinski definition) is 0. The summed E-state index contributed by atoms with van der Waals surface area (Å²) in [5.74, 6) is -1.13. The second kappa shape index (κ2) is 9.34. The fraction of sp³-hybridized carbons (Fsp3) is 0.167. The van der Waals surface area contributed by atoms with Gasteiger partial charge in [0.05, 0.1) is 11.8 Å². The lowest BCUT2D eigenvalue weighted by Gasteiger charge is -2.21. The van der Waals surface area contributed by atoms with Gasteiger partial charge in [0.2, 0.25) is 0 Å². The first kappa shape index (κ1) is 19.8. The summed E-state index contributed by atoms with van der Waals surface area (Å²) < 4.78 is 5.92. The van der Waals surface area contributed by atoms with E-state index < -0.39 is 12.0 Å². The third-order valence-corrected chi connectivity index (χ3v) is 4.86. The van der Waals surface area contributed by atoms with Crippen molar-refractivity contribution in [1.29, 1.82) is 0 Å². The maximum Gasteiger partial charge on any atom is 0.314 e. The smallest absolute Gasteiger partial charge is 0.314 e. The van der Waals surface area contributed by atoms with Crippen LogP contribution in [0.15, 0.2) is 84.9 Å². The molecule has 3 rings (SSSR count). The number of halogens is 1. The van der Waals surface area contributed by atoms with Crippen molar-refractivity contribution in [3.8, 4) is 0 Å². The Morgan fingerprint density at radius 3 is 1.89 bits per heavy atom. The lowest BCUT2D eigenvalue weighted by atomic mass is 9.97. The summed E-state index contributed by atoms with van der Waals surface area (Å²) in [6.07, 6.45) is -0.495. The molecule has 3 aromatic carbocycles. The zero-order chi connectivity index (χ0) is 19.9. The molecule has 0 radical (unpaired) electrons. The predicted molar refractivity (Wildman–Crippen MR) is 111 cm³/mol. The Bertz CT molecular complexity index is 899. The van der Waals surface area contributed by atoms with Crippen molar-refractivity contribution in [1.82, 2.24) is 0 Å². The minimum Gasteiger partial charge on any atom is -0.452 e. The summed E-state index contributed by atoms with van der Waals surface area (Å²) >= 11 is 5.64. The first-order valence-corrected chi connectivity index (χ1v) is 9.63. The van der Waals surface area contributed by atoms with Crippen molar-refractivity contribution in [2.24, 2.45) is 0 Å². The normalized spacial score (nSPS) is 11.8. The van der Waals surface area contributed by atoms with E-state index in [0.29, 0.717) is 5.56 Å². The van der Waals surface area contributed by atoms with E-state index in [1.165, 1.54) is 0 Å². The number of hydrogen-bond acceptors (Lipinski definition) is 3. The number of esters is 1. The van der Waals surface area contributed by atoms with E-state index in [2.05, 4.69) is 0 Å². The van der Waals surface area contributed by atoms with Gasteiger partial charge in [0.25, 0.3) is 0 Å². The van der Waals surface area contributed by atoms with Crippen molar-refractivity contribution in [3.63, 3.8) is 0 Å². The van der Waals surface area contributed by atoms with Crippen LogP contribution in [0.5, 0.6) is 0 Å². The van der Waals surface area contributed by atoms with Gasteiger partial charge in [-0.25, -0.2) is 0 Å². The summed E-state index contributed by atoms with van der Waals surface area (Å²) in [7, 11) is 0. The van der Waals surface area contributed by atoms with Crippen molar-refractivity contribution in [2.75, 3.05) is 5.88 Å². The maximum atomic E-state index is 12.9. The standard InChI is InChI=1S/C24H21ClO3/c1-17(20-13-8-14-21(15-20)22(26)16-25)24(27)28-23(18-9-4-2-5-10-18)19-11-6-3-7-12-19/h2-15,17,23H,16H2,1H3. The molecule has 0 amide bonds. The summed E-state index contributed by atoms with van der Waals surface area (Å²) in [4.78, 5) is 24.8. The number of benzene rings is 3.